The van der Waals surface area contributed by atoms with Crippen molar-refractivity contribution in [2.45, 2.75) is 32.4 Å². The summed E-state index contributed by atoms with van der Waals surface area (Å²) in [5.41, 5.74) is 1.02. The highest BCUT2D eigenvalue weighted by Crippen LogP contribution is 2.09. The summed E-state index contributed by atoms with van der Waals surface area (Å²) in [5, 5.41) is 9.04. The summed E-state index contributed by atoms with van der Waals surface area (Å²) in [6.07, 6.45) is 2.04. The van der Waals surface area contributed by atoms with Crippen molar-refractivity contribution in [3.05, 3.63) is 16.1 Å². The van der Waals surface area contributed by atoms with Gasteiger partial charge in [0.1, 0.15) is 5.01 Å². The number of nitrogens with one attached hydrogen (secondary N) is 2. The van der Waals surface area contributed by atoms with E-state index in [0.717, 1.165) is 30.1 Å². The number of hydrogen-bond donors (Lipinski definition) is 2. The molecule has 98 valence electrons. The van der Waals surface area contributed by atoms with E-state index >= 15 is 0 Å². The maximum absolute atomic E-state index is 11.6. The van der Waals surface area contributed by atoms with Crippen molar-refractivity contribution >= 4 is 42.1 Å². The molecule has 1 fully saturated rings. The second-order valence-corrected chi connectivity index (χ2v) is 4.69. The average Bonchev–Trinajstić information content (AvgIpc) is 2.84. The highest BCUT2D eigenvalue weighted by atomic mass is 35.5. The number of nitrogens with zero attached hydrogens (tertiary/aromatic N) is 1. The Hall–Kier alpha value is -0.360. The largest absolute Gasteiger partial charge is 0.348 e. The zero-order chi connectivity index (χ0) is 10.7. The zero-order valence-electron chi connectivity index (χ0n) is 9.56. The summed E-state index contributed by atoms with van der Waals surface area (Å²) < 4.78 is 0. The summed E-state index contributed by atoms with van der Waals surface area (Å²) in [5.74, 6) is 0.0975. The lowest BCUT2D eigenvalue weighted by molar-refractivity contribution is -0.122. The molecule has 2 heterocycles. The summed E-state index contributed by atoms with van der Waals surface area (Å²) in [7, 11) is 0. The summed E-state index contributed by atoms with van der Waals surface area (Å²) in [4.78, 5) is 15.9. The van der Waals surface area contributed by atoms with Crippen molar-refractivity contribution < 1.29 is 4.79 Å². The van der Waals surface area contributed by atoms with Crippen LogP contribution in [-0.2, 0) is 11.3 Å². The molecule has 1 atom stereocenters. The van der Waals surface area contributed by atoms with Crippen LogP contribution in [0, 0.1) is 6.92 Å². The van der Waals surface area contributed by atoms with Gasteiger partial charge < -0.3 is 10.6 Å². The second kappa shape index (κ2) is 7.87. The molecule has 1 aliphatic rings. The van der Waals surface area contributed by atoms with Crippen LogP contribution in [0.1, 0.15) is 23.5 Å². The molecular weight excluding hydrogens is 281 g/mol. The van der Waals surface area contributed by atoms with Gasteiger partial charge in [0.25, 0.3) is 0 Å². The fourth-order valence-corrected chi connectivity index (χ4v) is 2.39. The monoisotopic (exact) mass is 297 g/mol. The Morgan fingerprint density at radius 2 is 2.41 bits per heavy atom. The molecule has 17 heavy (non-hydrogen) atoms. The van der Waals surface area contributed by atoms with Crippen LogP contribution in [-0.4, -0.2) is 23.5 Å². The Balaban J connectivity index is 0.00000128. The first kappa shape index (κ1) is 16.6. The van der Waals surface area contributed by atoms with Crippen LogP contribution in [0.15, 0.2) is 5.38 Å². The van der Waals surface area contributed by atoms with E-state index in [1.54, 1.807) is 11.3 Å². The molecule has 0 aromatic carbocycles. The SMILES string of the molecule is Cc1csc(CNC(=O)[C@@H]2CCCN2)n1.Cl.Cl. The number of aromatic nitrogens is 1. The van der Waals surface area contributed by atoms with E-state index in [9.17, 15) is 4.79 Å². The molecule has 0 saturated carbocycles. The van der Waals surface area contributed by atoms with E-state index in [2.05, 4.69) is 15.6 Å². The molecule has 0 aliphatic carbocycles. The van der Waals surface area contributed by atoms with Crippen molar-refractivity contribution in [2.24, 2.45) is 0 Å². The van der Waals surface area contributed by atoms with Crippen molar-refractivity contribution in [1.82, 2.24) is 15.6 Å². The van der Waals surface area contributed by atoms with E-state index < -0.39 is 0 Å². The number of aryl methyl sites for hydroxylation is 1. The van der Waals surface area contributed by atoms with Gasteiger partial charge in [-0.1, -0.05) is 0 Å². The van der Waals surface area contributed by atoms with Gasteiger partial charge in [0.15, 0.2) is 0 Å². The number of hydrogen-bond acceptors (Lipinski definition) is 4. The molecule has 1 aromatic heterocycles. The third kappa shape index (κ3) is 4.79. The lowest BCUT2D eigenvalue weighted by Crippen LogP contribution is -2.39. The molecule has 0 spiro atoms. The standard InChI is InChI=1S/C10H15N3OS.2ClH/c1-7-6-15-9(13-7)5-12-10(14)8-3-2-4-11-8;;/h6,8,11H,2-5H2,1H3,(H,12,14);2*1H/t8-;;/m0../s1. The van der Waals surface area contributed by atoms with Crippen molar-refractivity contribution in [3.8, 4) is 0 Å². The first-order chi connectivity index (χ1) is 7.25. The molecule has 4 nitrogen and oxygen atoms in total. The van der Waals surface area contributed by atoms with Crippen LogP contribution in [0.5, 0.6) is 0 Å². The van der Waals surface area contributed by atoms with Crippen molar-refractivity contribution in [2.75, 3.05) is 6.54 Å². The predicted molar refractivity (Wildman–Crippen MR) is 74.2 cm³/mol. The number of amides is 1. The highest BCUT2D eigenvalue weighted by molar-refractivity contribution is 7.09. The van der Waals surface area contributed by atoms with Gasteiger partial charge in [-0.05, 0) is 26.3 Å². The number of halogens is 2. The molecule has 1 aromatic rings. The van der Waals surface area contributed by atoms with Crippen molar-refractivity contribution in [3.63, 3.8) is 0 Å². The topological polar surface area (TPSA) is 54.0 Å². The second-order valence-electron chi connectivity index (χ2n) is 3.75. The Bertz CT molecular complexity index is 353. The Morgan fingerprint density at radius 1 is 1.65 bits per heavy atom. The molecule has 1 saturated heterocycles. The molecule has 0 radical (unpaired) electrons. The van der Waals surface area contributed by atoms with Gasteiger partial charge >= 0.3 is 0 Å². The Kier molecular flexibility index (Phi) is 7.70. The van der Waals surface area contributed by atoms with Gasteiger partial charge in [0.05, 0.1) is 12.6 Å². The van der Waals surface area contributed by atoms with Crippen molar-refractivity contribution in [1.29, 1.82) is 0 Å². The number of thiazole rings is 1. The van der Waals surface area contributed by atoms with E-state index in [0.29, 0.717) is 6.54 Å². The molecule has 7 heteroatoms. The molecular formula is C10H17Cl2N3OS. The quantitative estimate of drug-likeness (QED) is 0.892. The maximum Gasteiger partial charge on any atom is 0.237 e. The minimum atomic E-state index is 0. The third-order valence-corrected chi connectivity index (χ3v) is 3.42. The van der Waals surface area contributed by atoms with Crippen LogP contribution in [0.25, 0.3) is 0 Å². The first-order valence-corrected chi connectivity index (χ1v) is 6.06. The van der Waals surface area contributed by atoms with Gasteiger partial charge in [-0.3, -0.25) is 4.79 Å². The minimum Gasteiger partial charge on any atom is -0.348 e. The molecule has 1 aliphatic heterocycles. The molecule has 2 N–H and O–H groups in total. The van der Waals surface area contributed by atoms with Gasteiger partial charge in [0, 0.05) is 11.1 Å². The highest BCUT2D eigenvalue weighted by Gasteiger charge is 2.21. The smallest absolute Gasteiger partial charge is 0.237 e. The Labute approximate surface area is 117 Å². The van der Waals surface area contributed by atoms with Gasteiger partial charge in [0.2, 0.25) is 5.91 Å². The minimum absolute atomic E-state index is 0. The number of carbonyl (C=O) groups excluding carboxylic acids is 1. The average molecular weight is 298 g/mol. The molecule has 0 unspecified atom stereocenters. The number of rotatable bonds is 3. The van der Waals surface area contributed by atoms with Crippen LogP contribution in [0.4, 0.5) is 0 Å². The van der Waals surface area contributed by atoms with Gasteiger partial charge in [-0.15, -0.1) is 36.2 Å². The lowest BCUT2D eigenvalue weighted by atomic mass is 10.2. The molecule has 2 rings (SSSR count). The zero-order valence-corrected chi connectivity index (χ0v) is 12.0. The normalized spacial score (nSPS) is 18.1. The van der Waals surface area contributed by atoms with Crippen LogP contribution >= 0.6 is 36.2 Å². The fourth-order valence-electron chi connectivity index (χ4n) is 1.68. The van der Waals surface area contributed by atoms with E-state index in [1.165, 1.54) is 0 Å². The van der Waals surface area contributed by atoms with Gasteiger partial charge in [-0.2, -0.15) is 0 Å². The first-order valence-electron chi connectivity index (χ1n) is 5.18. The molecule has 1 amide bonds. The third-order valence-electron chi connectivity index (χ3n) is 2.46. The van der Waals surface area contributed by atoms with E-state index in [-0.39, 0.29) is 36.8 Å². The summed E-state index contributed by atoms with van der Waals surface area (Å²) in [6, 6.07) is 0.00561. The fraction of sp³-hybridized carbons (Fsp3) is 0.600. The van der Waals surface area contributed by atoms with Crippen LogP contribution in [0.3, 0.4) is 0 Å². The van der Waals surface area contributed by atoms with Crippen LogP contribution < -0.4 is 10.6 Å². The Morgan fingerprint density at radius 3 is 2.94 bits per heavy atom. The van der Waals surface area contributed by atoms with E-state index in [4.69, 9.17) is 0 Å². The maximum atomic E-state index is 11.6. The molecule has 0 bridgehead atoms. The predicted octanol–water partition coefficient (Wildman–Crippen LogP) is 1.66. The van der Waals surface area contributed by atoms with Crippen LogP contribution in [0.2, 0.25) is 0 Å². The summed E-state index contributed by atoms with van der Waals surface area (Å²) in [6.45, 7) is 3.46. The number of carbonyl (C=O) groups is 1. The van der Waals surface area contributed by atoms with Gasteiger partial charge in [-0.25, -0.2) is 4.98 Å². The van der Waals surface area contributed by atoms with E-state index in [1.807, 2.05) is 12.3 Å². The summed E-state index contributed by atoms with van der Waals surface area (Å²) >= 11 is 1.59. The lowest BCUT2D eigenvalue weighted by Gasteiger charge is -2.09.